The van der Waals surface area contributed by atoms with Crippen molar-refractivity contribution in [1.82, 2.24) is 0 Å². The molecule has 0 aromatic heterocycles. The molecular weight excluding hydrogens is 307 g/mol. The number of rotatable bonds is 3. The van der Waals surface area contributed by atoms with E-state index in [-0.39, 0.29) is 5.92 Å². The first-order valence-corrected chi connectivity index (χ1v) is 7.42. The minimum atomic E-state index is -0.472. The fraction of sp³-hybridized carbons (Fsp3) is 0.235. The first-order chi connectivity index (χ1) is 9.88. The van der Waals surface area contributed by atoms with Crippen molar-refractivity contribution in [1.29, 1.82) is 0 Å². The third kappa shape index (κ3) is 3.78. The third-order valence-electron chi connectivity index (χ3n) is 3.09. The van der Waals surface area contributed by atoms with E-state index < -0.39 is 5.97 Å². The molecule has 21 heavy (non-hydrogen) atoms. The standard InChI is InChI=1S/C17H16Cl2O2/c1-10(2)16-14(18)8-12(9-15(16)19)17(20)21-13-6-4-5-11(3)7-13/h4-10H,1-3H3. The lowest BCUT2D eigenvalue weighted by Crippen LogP contribution is -2.09. The minimum Gasteiger partial charge on any atom is -0.423 e. The van der Waals surface area contributed by atoms with Crippen molar-refractivity contribution in [3.63, 3.8) is 0 Å². The Morgan fingerprint density at radius 1 is 1.10 bits per heavy atom. The summed E-state index contributed by atoms with van der Waals surface area (Å²) < 4.78 is 5.34. The highest BCUT2D eigenvalue weighted by Gasteiger charge is 2.16. The van der Waals surface area contributed by atoms with Crippen LogP contribution in [0.1, 0.15) is 41.3 Å². The van der Waals surface area contributed by atoms with Crippen molar-refractivity contribution in [3.05, 3.63) is 63.1 Å². The SMILES string of the molecule is Cc1cccc(OC(=O)c2cc(Cl)c(C(C)C)c(Cl)c2)c1. The summed E-state index contributed by atoms with van der Waals surface area (Å²) in [5.74, 6) is 0.215. The van der Waals surface area contributed by atoms with Gasteiger partial charge in [0.1, 0.15) is 5.75 Å². The predicted molar refractivity (Wildman–Crippen MR) is 86.7 cm³/mol. The Bertz CT molecular complexity index is 655. The van der Waals surface area contributed by atoms with Crippen molar-refractivity contribution >= 4 is 29.2 Å². The Kier molecular flexibility index (Phi) is 4.92. The first kappa shape index (κ1) is 15.9. The third-order valence-corrected chi connectivity index (χ3v) is 3.72. The maximum absolute atomic E-state index is 12.2. The van der Waals surface area contributed by atoms with E-state index in [9.17, 15) is 4.79 Å². The van der Waals surface area contributed by atoms with Crippen LogP contribution in [0.5, 0.6) is 5.75 Å². The molecular formula is C17H16Cl2O2. The molecule has 0 fully saturated rings. The van der Waals surface area contributed by atoms with E-state index in [0.717, 1.165) is 11.1 Å². The normalized spacial score (nSPS) is 10.8. The monoisotopic (exact) mass is 322 g/mol. The maximum Gasteiger partial charge on any atom is 0.343 e. The van der Waals surface area contributed by atoms with Gasteiger partial charge in [-0.25, -0.2) is 4.79 Å². The summed E-state index contributed by atoms with van der Waals surface area (Å²) in [5.41, 5.74) is 2.20. The summed E-state index contributed by atoms with van der Waals surface area (Å²) in [6.07, 6.45) is 0. The smallest absolute Gasteiger partial charge is 0.343 e. The summed E-state index contributed by atoms with van der Waals surface area (Å²) >= 11 is 12.4. The number of esters is 1. The molecule has 0 saturated heterocycles. The second-order valence-electron chi connectivity index (χ2n) is 5.21. The van der Waals surface area contributed by atoms with Gasteiger partial charge >= 0.3 is 5.97 Å². The topological polar surface area (TPSA) is 26.3 Å². The second-order valence-corrected chi connectivity index (χ2v) is 6.03. The molecule has 2 aromatic rings. The molecule has 110 valence electrons. The minimum absolute atomic E-state index is 0.187. The molecule has 4 heteroatoms. The lowest BCUT2D eigenvalue weighted by Gasteiger charge is -2.12. The van der Waals surface area contributed by atoms with E-state index in [2.05, 4.69) is 0 Å². The number of hydrogen-bond donors (Lipinski definition) is 0. The molecule has 0 aliphatic carbocycles. The van der Waals surface area contributed by atoms with Gasteiger partial charge in [0.2, 0.25) is 0 Å². The number of halogens is 2. The number of ether oxygens (including phenoxy) is 1. The molecule has 0 atom stereocenters. The van der Waals surface area contributed by atoms with Gasteiger partial charge in [0.15, 0.2) is 0 Å². The summed E-state index contributed by atoms with van der Waals surface area (Å²) in [7, 11) is 0. The molecule has 0 bridgehead atoms. The van der Waals surface area contributed by atoms with Crippen LogP contribution in [0.2, 0.25) is 10.0 Å². The molecule has 2 aromatic carbocycles. The zero-order valence-electron chi connectivity index (χ0n) is 12.1. The van der Waals surface area contributed by atoms with Crippen molar-refractivity contribution in [2.24, 2.45) is 0 Å². The zero-order chi connectivity index (χ0) is 15.6. The Balaban J connectivity index is 2.28. The van der Waals surface area contributed by atoms with Crippen molar-refractivity contribution in [2.75, 3.05) is 0 Å². The Labute approximate surface area is 134 Å². The zero-order valence-corrected chi connectivity index (χ0v) is 13.6. The molecule has 2 rings (SSSR count). The van der Waals surface area contributed by atoms with E-state index in [1.54, 1.807) is 24.3 Å². The van der Waals surface area contributed by atoms with Crippen LogP contribution in [0.15, 0.2) is 36.4 Å². The second kappa shape index (κ2) is 6.50. The Hall–Kier alpha value is -1.51. The van der Waals surface area contributed by atoms with Crippen molar-refractivity contribution in [3.8, 4) is 5.75 Å². The molecule has 0 heterocycles. The molecule has 0 radical (unpaired) electrons. The van der Waals surface area contributed by atoms with Gasteiger partial charge in [-0.15, -0.1) is 0 Å². The van der Waals surface area contributed by atoms with Crippen LogP contribution in [0.4, 0.5) is 0 Å². The fourth-order valence-corrected chi connectivity index (χ4v) is 3.02. The highest BCUT2D eigenvalue weighted by Crippen LogP contribution is 2.33. The van der Waals surface area contributed by atoms with Gasteiger partial charge < -0.3 is 4.74 Å². The van der Waals surface area contributed by atoms with Gasteiger partial charge in [-0.1, -0.05) is 49.2 Å². The lowest BCUT2D eigenvalue weighted by atomic mass is 10.0. The summed E-state index contributed by atoms with van der Waals surface area (Å²) in [6.45, 7) is 5.93. The van der Waals surface area contributed by atoms with Gasteiger partial charge in [-0.2, -0.15) is 0 Å². The van der Waals surface area contributed by atoms with Gasteiger partial charge in [0, 0.05) is 10.0 Å². The van der Waals surface area contributed by atoms with Crippen LogP contribution in [-0.4, -0.2) is 5.97 Å². The number of carbonyl (C=O) groups excluding carboxylic acids is 1. The first-order valence-electron chi connectivity index (χ1n) is 6.66. The average molecular weight is 323 g/mol. The average Bonchev–Trinajstić information content (AvgIpc) is 2.37. The van der Waals surface area contributed by atoms with Gasteiger partial charge in [-0.3, -0.25) is 0 Å². The number of benzene rings is 2. The molecule has 0 unspecified atom stereocenters. The van der Waals surface area contributed by atoms with Crippen LogP contribution < -0.4 is 4.74 Å². The van der Waals surface area contributed by atoms with Gasteiger partial charge in [0.25, 0.3) is 0 Å². The molecule has 0 aliphatic heterocycles. The molecule has 2 nitrogen and oxygen atoms in total. The summed E-state index contributed by atoms with van der Waals surface area (Å²) in [6, 6.07) is 10.5. The van der Waals surface area contributed by atoms with E-state index in [1.807, 2.05) is 32.9 Å². The Morgan fingerprint density at radius 3 is 2.24 bits per heavy atom. The molecule has 0 spiro atoms. The Morgan fingerprint density at radius 2 is 1.71 bits per heavy atom. The highest BCUT2D eigenvalue weighted by molar-refractivity contribution is 6.36. The number of aryl methyl sites for hydroxylation is 1. The van der Waals surface area contributed by atoms with E-state index >= 15 is 0 Å². The van der Waals surface area contributed by atoms with Crippen LogP contribution in [0.25, 0.3) is 0 Å². The van der Waals surface area contributed by atoms with Crippen LogP contribution in [-0.2, 0) is 0 Å². The van der Waals surface area contributed by atoms with E-state index in [1.165, 1.54) is 0 Å². The molecule has 0 saturated carbocycles. The van der Waals surface area contributed by atoms with Crippen LogP contribution in [0.3, 0.4) is 0 Å². The highest BCUT2D eigenvalue weighted by atomic mass is 35.5. The predicted octanol–water partition coefficient (Wildman–Crippen LogP) is 5.64. The van der Waals surface area contributed by atoms with E-state index in [4.69, 9.17) is 27.9 Å². The lowest BCUT2D eigenvalue weighted by molar-refractivity contribution is 0.0734. The fourth-order valence-electron chi connectivity index (χ4n) is 2.10. The van der Waals surface area contributed by atoms with E-state index in [0.29, 0.717) is 21.4 Å². The number of carbonyl (C=O) groups is 1. The van der Waals surface area contributed by atoms with Gasteiger partial charge in [0.05, 0.1) is 5.56 Å². The molecule has 0 amide bonds. The maximum atomic E-state index is 12.2. The van der Waals surface area contributed by atoms with Crippen molar-refractivity contribution in [2.45, 2.75) is 26.7 Å². The summed E-state index contributed by atoms with van der Waals surface area (Å²) in [5, 5.41) is 0.961. The number of hydrogen-bond acceptors (Lipinski definition) is 2. The summed E-state index contributed by atoms with van der Waals surface area (Å²) in [4.78, 5) is 12.2. The van der Waals surface area contributed by atoms with Crippen LogP contribution >= 0.6 is 23.2 Å². The molecule has 0 N–H and O–H groups in total. The van der Waals surface area contributed by atoms with Gasteiger partial charge in [-0.05, 0) is 48.2 Å². The largest absolute Gasteiger partial charge is 0.423 e. The quantitative estimate of drug-likeness (QED) is 0.539. The van der Waals surface area contributed by atoms with Crippen LogP contribution in [0, 0.1) is 6.92 Å². The van der Waals surface area contributed by atoms with Crippen molar-refractivity contribution < 1.29 is 9.53 Å². The molecule has 0 aliphatic rings.